The second-order valence-corrected chi connectivity index (χ2v) is 7.66. The number of aromatic nitrogens is 3. The molecule has 1 saturated heterocycles. The minimum Gasteiger partial charge on any atom is -0.508 e. The molecule has 3 heterocycles. The van der Waals surface area contributed by atoms with Crippen LogP contribution in [0.1, 0.15) is 18.2 Å². The van der Waals surface area contributed by atoms with Crippen LogP contribution in [0, 0.1) is 12.7 Å². The van der Waals surface area contributed by atoms with Crippen LogP contribution >= 0.6 is 0 Å². The average Bonchev–Trinajstić information content (AvgIpc) is 3.02. The first-order chi connectivity index (χ1) is 14.1. The number of nitrogens with one attached hydrogen (secondary N) is 2. The lowest BCUT2D eigenvalue weighted by Crippen LogP contribution is -2.60. The molecule has 0 saturated carbocycles. The number of phenolic OH excluding ortho intramolecular Hbond substituents is 1. The molecule has 4 rings (SSSR count). The van der Waals surface area contributed by atoms with Gasteiger partial charge in [-0.15, -0.1) is 0 Å². The molecule has 0 unspecified atom stereocenters. The number of aryl methyl sites for hydroxylation is 1. The van der Waals surface area contributed by atoms with E-state index < -0.39 is 18.0 Å². The van der Waals surface area contributed by atoms with Crippen molar-refractivity contribution in [2.24, 2.45) is 0 Å². The minimum atomic E-state index is -4.38. The summed E-state index contributed by atoms with van der Waals surface area (Å²) in [6, 6.07) is 3.56. The van der Waals surface area contributed by atoms with Crippen LogP contribution in [0.2, 0.25) is 0 Å². The number of nitrogens with zero attached hydrogens (tertiary/aromatic N) is 3. The van der Waals surface area contributed by atoms with Gasteiger partial charge in [0.1, 0.15) is 17.6 Å². The quantitative estimate of drug-likeness (QED) is 0.562. The third-order valence-electron chi connectivity index (χ3n) is 5.38. The van der Waals surface area contributed by atoms with E-state index in [1.54, 1.807) is 13.0 Å². The van der Waals surface area contributed by atoms with Crippen LogP contribution in [-0.2, 0) is 6.54 Å². The van der Waals surface area contributed by atoms with Gasteiger partial charge in [-0.1, -0.05) is 0 Å². The number of benzene rings is 1. The highest BCUT2D eigenvalue weighted by atomic mass is 19.4. The zero-order valence-electron chi connectivity index (χ0n) is 16.4. The molecular weight excluding hydrogens is 402 g/mol. The van der Waals surface area contributed by atoms with E-state index in [1.807, 2.05) is 6.92 Å². The van der Waals surface area contributed by atoms with Gasteiger partial charge in [0.05, 0.1) is 11.4 Å². The number of fused-ring (bicyclic) bond motifs is 1. The minimum absolute atomic E-state index is 0.0162. The van der Waals surface area contributed by atoms with Crippen LogP contribution in [0.3, 0.4) is 0 Å². The van der Waals surface area contributed by atoms with Crippen LogP contribution in [0.4, 0.5) is 17.6 Å². The summed E-state index contributed by atoms with van der Waals surface area (Å²) in [6.45, 7) is 3.62. The van der Waals surface area contributed by atoms with Crippen molar-refractivity contribution < 1.29 is 22.7 Å². The molecular formula is C20H21F4N5O. The first kappa shape index (κ1) is 20.5. The summed E-state index contributed by atoms with van der Waals surface area (Å²) < 4.78 is 55.2. The Kier molecular flexibility index (Phi) is 5.15. The van der Waals surface area contributed by atoms with E-state index in [0.717, 1.165) is 6.07 Å². The van der Waals surface area contributed by atoms with Gasteiger partial charge in [0.15, 0.2) is 5.65 Å². The molecule has 6 nitrogen and oxygen atoms in total. The van der Waals surface area contributed by atoms with Crippen molar-refractivity contribution in [2.45, 2.75) is 38.7 Å². The maximum Gasteiger partial charge on any atom is 0.405 e. The van der Waals surface area contributed by atoms with Crippen molar-refractivity contribution in [3.63, 3.8) is 0 Å². The standard InChI is InChI=1S/C20H21F4N5O/c1-10-8-29(17(7-25-10)20(22,23)24)9-12-5-16(14-4-3-13(30)6-15(14)21)26-19-18(12)11(2)27-28-19/h3-6,10,17,25,30H,7-9H2,1-2H3,(H,26,27,28)/t10-,17+/m0/s1. The lowest BCUT2D eigenvalue weighted by molar-refractivity contribution is -0.190. The van der Waals surface area contributed by atoms with E-state index in [2.05, 4.69) is 20.5 Å². The zero-order chi connectivity index (χ0) is 21.6. The fourth-order valence-electron chi connectivity index (χ4n) is 3.95. The van der Waals surface area contributed by atoms with Crippen LogP contribution in [0.25, 0.3) is 22.3 Å². The fraction of sp³-hybridized carbons (Fsp3) is 0.400. The molecule has 0 spiro atoms. The first-order valence-corrected chi connectivity index (χ1v) is 9.51. The Morgan fingerprint density at radius 3 is 2.73 bits per heavy atom. The Labute approximate surface area is 169 Å². The largest absolute Gasteiger partial charge is 0.508 e. The van der Waals surface area contributed by atoms with Gasteiger partial charge in [-0.2, -0.15) is 18.3 Å². The molecule has 0 radical (unpaired) electrons. The Bertz CT molecular complexity index is 1080. The number of aromatic amines is 1. The Hall–Kier alpha value is -2.72. The fourth-order valence-corrected chi connectivity index (χ4v) is 3.95. The molecule has 1 fully saturated rings. The van der Waals surface area contributed by atoms with E-state index in [9.17, 15) is 22.7 Å². The van der Waals surface area contributed by atoms with Crippen molar-refractivity contribution in [3.8, 4) is 17.0 Å². The summed E-state index contributed by atoms with van der Waals surface area (Å²) >= 11 is 0. The van der Waals surface area contributed by atoms with Crippen molar-refractivity contribution in [1.29, 1.82) is 0 Å². The van der Waals surface area contributed by atoms with Gasteiger partial charge >= 0.3 is 6.18 Å². The van der Waals surface area contributed by atoms with Gasteiger partial charge in [-0.25, -0.2) is 9.37 Å². The summed E-state index contributed by atoms with van der Waals surface area (Å²) in [5.74, 6) is -0.897. The van der Waals surface area contributed by atoms with Gasteiger partial charge in [0.2, 0.25) is 0 Å². The summed E-state index contributed by atoms with van der Waals surface area (Å²) in [5.41, 5.74) is 1.96. The van der Waals surface area contributed by atoms with Gasteiger partial charge in [0, 0.05) is 42.7 Å². The van der Waals surface area contributed by atoms with Crippen LogP contribution in [0.15, 0.2) is 24.3 Å². The van der Waals surface area contributed by atoms with Crippen LogP contribution in [0.5, 0.6) is 5.75 Å². The number of halogens is 4. The third-order valence-corrected chi connectivity index (χ3v) is 5.38. The van der Waals surface area contributed by atoms with Gasteiger partial charge < -0.3 is 10.4 Å². The smallest absolute Gasteiger partial charge is 0.405 e. The Morgan fingerprint density at radius 2 is 2.03 bits per heavy atom. The molecule has 0 aliphatic carbocycles. The molecule has 3 aromatic rings. The third kappa shape index (κ3) is 3.84. The number of alkyl halides is 3. The number of hydrogen-bond donors (Lipinski definition) is 3. The number of pyridine rings is 1. The normalized spacial score (nSPS) is 20.7. The SMILES string of the molecule is Cc1n[nH]c2nc(-c3ccc(O)cc3F)cc(CN3C[C@H](C)NC[C@@H]3C(F)(F)F)c12. The van der Waals surface area contributed by atoms with Gasteiger partial charge in [0.25, 0.3) is 0 Å². The molecule has 30 heavy (non-hydrogen) atoms. The highest BCUT2D eigenvalue weighted by molar-refractivity contribution is 5.84. The van der Waals surface area contributed by atoms with E-state index in [-0.39, 0.29) is 42.7 Å². The number of H-pyrrole nitrogens is 1. The summed E-state index contributed by atoms with van der Waals surface area (Å²) in [4.78, 5) is 5.79. The molecule has 2 aromatic heterocycles. The van der Waals surface area contributed by atoms with Crippen molar-refractivity contribution in [2.75, 3.05) is 13.1 Å². The van der Waals surface area contributed by atoms with Crippen LogP contribution in [-0.4, -0.2) is 56.5 Å². The second-order valence-electron chi connectivity index (χ2n) is 7.66. The maximum atomic E-state index is 14.4. The van der Waals surface area contributed by atoms with Gasteiger partial charge in [-0.3, -0.25) is 10.00 Å². The predicted octanol–water partition coefficient (Wildman–Crippen LogP) is 3.50. The molecule has 1 aromatic carbocycles. The monoisotopic (exact) mass is 423 g/mol. The molecule has 0 bridgehead atoms. The lowest BCUT2D eigenvalue weighted by Gasteiger charge is -2.40. The average molecular weight is 423 g/mol. The molecule has 160 valence electrons. The van der Waals surface area contributed by atoms with Gasteiger partial charge in [-0.05, 0) is 37.6 Å². The molecule has 3 N–H and O–H groups in total. The molecule has 1 aliphatic heterocycles. The zero-order valence-corrected chi connectivity index (χ0v) is 16.4. The Balaban J connectivity index is 1.80. The lowest BCUT2D eigenvalue weighted by atomic mass is 10.0. The number of aromatic hydroxyl groups is 1. The predicted molar refractivity (Wildman–Crippen MR) is 103 cm³/mol. The maximum absolute atomic E-state index is 14.4. The molecule has 10 heteroatoms. The second kappa shape index (κ2) is 7.51. The van der Waals surface area contributed by atoms with Crippen molar-refractivity contribution in [1.82, 2.24) is 25.4 Å². The van der Waals surface area contributed by atoms with E-state index in [4.69, 9.17) is 0 Å². The topological polar surface area (TPSA) is 77.1 Å². The summed E-state index contributed by atoms with van der Waals surface area (Å²) in [6.07, 6.45) is -4.38. The number of hydrogen-bond acceptors (Lipinski definition) is 5. The van der Waals surface area contributed by atoms with E-state index >= 15 is 0 Å². The molecule has 0 amide bonds. The van der Waals surface area contributed by atoms with Crippen LogP contribution < -0.4 is 5.32 Å². The first-order valence-electron chi connectivity index (χ1n) is 9.51. The molecule has 1 aliphatic rings. The van der Waals surface area contributed by atoms with Crippen molar-refractivity contribution in [3.05, 3.63) is 41.3 Å². The summed E-state index contributed by atoms with van der Waals surface area (Å²) in [7, 11) is 0. The highest BCUT2D eigenvalue weighted by Crippen LogP contribution is 2.32. The highest BCUT2D eigenvalue weighted by Gasteiger charge is 2.45. The Morgan fingerprint density at radius 1 is 1.27 bits per heavy atom. The van der Waals surface area contributed by atoms with E-state index in [1.165, 1.54) is 17.0 Å². The number of rotatable bonds is 3. The van der Waals surface area contributed by atoms with E-state index in [0.29, 0.717) is 22.3 Å². The summed E-state index contributed by atoms with van der Waals surface area (Å²) in [5, 5.41) is 19.9. The molecule has 2 atom stereocenters. The number of phenols is 1. The number of piperazine rings is 1. The van der Waals surface area contributed by atoms with Crippen molar-refractivity contribution >= 4 is 11.0 Å².